The molecule has 1 aromatic carbocycles. The maximum Gasteiger partial charge on any atom is 0.0738 e. The number of benzene rings is 1. The lowest BCUT2D eigenvalue weighted by Gasteiger charge is -2.53. The van der Waals surface area contributed by atoms with Crippen molar-refractivity contribution in [3.8, 4) is 0 Å². The lowest BCUT2D eigenvalue weighted by atomic mass is 9.53. The number of fused-ring (bicyclic) bond motifs is 5. The van der Waals surface area contributed by atoms with E-state index in [0.29, 0.717) is 5.92 Å². The van der Waals surface area contributed by atoms with Crippen molar-refractivity contribution in [1.29, 1.82) is 0 Å². The van der Waals surface area contributed by atoms with Crippen LogP contribution in [0, 0.1) is 24.2 Å². The Labute approximate surface area is 166 Å². The number of unbranched alkanes of at least 4 members (excludes halogenated alkanes) is 2. The molecule has 0 heterocycles. The second-order valence-corrected chi connectivity index (χ2v) is 9.96. The van der Waals surface area contributed by atoms with Crippen molar-refractivity contribution in [3.05, 3.63) is 47.0 Å². The van der Waals surface area contributed by atoms with Crippen molar-refractivity contribution in [2.75, 3.05) is 0 Å². The second-order valence-electron chi connectivity index (χ2n) is 9.96. The zero-order valence-electron chi connectivity index (χ0n) is 17.6. The largest absolute Gasteiger partial charge is 0.389 e. The molecule has 3 aliphatic carbocycles. The van der Waals surface area contributed by atoms with Gasteiger partial charge in [-0.15, -0.1) is 0 Å². The summed E-state index contributed by atoms with van der Waals surface area (Å²) in [5, 5.41) is 11.7. The van der Waals surface area contributed by atoms with E-state index in [1.165, 1.54) is 50.5 Å². The molecule has 1 nitrogen and oxygen atoms in total. The molecule has 1 heteroatoms. The van der Waals surface area contributed by atoms with Crippen molar-refractivity contribution in [3.63, 3.8) is 0 Å². The topological polar surface area (TPSA) is 20.2 Å². The van der Waals surface area contributed by atoms with Crippen LogP contribution >= 0.6 is 0 Å². The normalized spacial score (nSPS) is 37.9. The van der Waals surface area contributed by atoms with Gasteiger partial charge in [0.1, 0.15) is 0 Å². The molecule has 1 N–H and O–H groups in total. The number of rotatable bonds is 5. The Hall–Kier alpha value is -1.08. The van der Waals surface area contributed by atoms with E-state index < -0.39 is 5.60 Å². The van der Waals surface area contributed by atoms with Gasteiger partial charge in [-0.1, -0.05) is 62.6 Å². The molecule has 5 atom stereocenters. The molecule has 0 unspecified atom stereocenters. The van der Waals surface area contributed by atoms with Crippen LogP contribution in [0.25, 0.3) is 0 Å². The van der Waals surface area contributed by atoms with Crippen LogP contribution in [0.3, 0.4) is 0 Å². The summed E-state index contributed by atoms with van der Waals surface area (Å²) in [4.78, 5) is 0. The van der Waals surface area contributed by atoms with Crippen LogP contribution in [-0.2, 0) is 6.42 Å². The van der Waals surface area contributed by atoms with Crippen molar-refractivity contribution in [2.45, 2.75) is 96.5 Å². The number of hydrogen-bond acceptors (Lipinski definition) is 1. The molecular weight excluding hydrogens is 328 g/mol. The van der Waals surface area contributed by atoms with E-state index in [9.17, 15) is 5.11 Å². The average molecular weight is 367 g/mol. The van der Waals surface area contributed by atoms with Crippen LogP contribution in [-0.4, -0.2) is 10.7 Å². The predicted octanol–water partition coefficient (Wildman–Crippen LogP) is 6.72. The Balaban J connectivity index is 1.53. The Morgan fingerprint density at radius 1 is 1.15 bits per heavy atom. The highest BCUT2D eigenvalue weighted by Crippen LogP contribution is 2.65. The summed E-state index contributed by atoms with van der Waals surface area (Å²) < 4.78 is 0. The molecule has 0 aromatic heterocycles. The first-order valence-corrected chi connectivity index (χ1v) is 11.5. The molecule has 0 saturated heterocycles. The zero-order valence-corrected chi connectivity index (χ0v) is 17.6. The molecule has 3 aliphatic rings. The number of aliphatic hydroxyl groups is 1. The van der Waals surface area contributed by atoms with Gasteiger partial charge in [-0.25, -0.2) is 0 Å². The molecule has 1 aromatic rings. The fraction of sp³-hybridized carbons (Fsp3) is 0.692. The van der Waals surface area contributed by atoms with Gasteiger partial charge in [0.2, 0.25) is 0 Å². The van der Waals surface area contributed by atoms with Gasteiger partial charge < -0.3 is 5.11 Å². The lowest BCUT2D eigenvalue weighted by Crippen LogP contribution is -2.50. The molecule has 2 saturated carbocycles. The number of aryl methyl sites for hydroxylation is 2. The predicted molar refractivity (Wildman–Crippen MR) is 114 cm³/mol. The third-order valence-corrected chi connectivity index (χ3v) is 8.55. The SMILES string of the molecule is CCCC/C=C/C[C@]1(O)CC[C@H]2[C@@H]3CCc4cc(C)ccc4[C@H]3CC[C@@]21C. The van der Waals surface area contributed by atoms with Crippen molar-refractivity contribution in [1.82, 2.24) is 0 Å². The van der Waals surface area contributed by atoms with Gasteiger partial charge in [-0.3, -0.25) is 0 Å². The van der Waals surface area contributed by atoms with Gasteiger partial charge in [-0.05, 0) is 92.6 Å². The molecule has 0 aliphatic heterocycles. The van der Waals surface area contributed by atoms with E-state index in [1.54, 1.807) is 11.1 Å². The molecule has 0 bridgehead atoms. The van der Waals surface area contributed by atoms with E-state index in [1.807, 2.05) is 0 Å². The van der Waals surface area contributed by atoms with E-state index in [2.05, 4.69) is 51.1 Å². The fourth-order valence-corrected chi connectivity index (χ4v) is 6.87. The van der Waals surface area contributed by atoms with Crippen LogP contribution in [0.1, 0.15) is 94.2 Å². The molecule has 2 fully saturated rings. The minimum atomic E-state index is -0.487. The van der Waals surface area contributed by atoms with E-state index in [-0.39, 0.29) is 5.41 Å². The zero-order chi connectivity index (χ0) is 19.1. The first kappa shape index (κ1) is 19.2. The first-order valence-electron chi connectivity index (χ1n) is 11.5. The standard InChI is InChI=1S/C26H38O/c1-4-5-6-7-8-15-26(27)17-14-24-23-12-10-20-18-19(2)9-11-21(20)22(23)13-16-25(24,26)3/h7-9,11,18,22-24,27H,4-6,10,12-17H2,1-3H3/b8-7+/t22-,23-,24+,25+,26+/m1/s1. The summed E-state index contributed by atoms with van der Waals surface area (Å²) in [6.45, 7) is 6.88. The van der Waals surface area contributed by atoms with Crippen LogP contribution in [0.2, 0.25) is 0 Å². The minimum absolute atomic E-state index is 0.103. The molecule has 27 heavy (non-hydrogen) atoms. The molecule has 4 rings (SSSR count). The summed E-state index contributed by atoms with van der Waals surface area (Å²) in [7, 11) is 0. The third-order valence-electron chi connectivity index (χ3n) is 8.55. The van der Waals surface area contributed by atoms with Crippen LogP contribution in [0.5, 0.6) is 0 Å². The second kappa shape index (κ2) is 7.39. The smallest absolute Gasteiger partial charge is 0.0738 e. The highest BCUT2D eigenvalue weighted by atomic mass is 16.3. The van der Waals surface area contributed by atoms with Gasteiger partial charge in [-0.2, -0.15) is 0 Å². The lowest BCUT2D eigenvalue weighted by molar-refractivity contribution is -0.100. The van der Waals surface area contributed by atoms with Gasteiger partial charge in [0, 0.05) is 0 Å². The highest BCUT2D eigenvalue weighted by Gasteiger charge is 2.60. The first-order chi connectivity index (χ1) is 13.0. The van der Waals surface area contributed by atoms with E-state index in [0.717, 1.165) is 31.1 Å². The Morgan fingerprint density at radius 3 is 2.81 bits per heavy atom. The maximum absolute atomic E-state index is 11.7. The summed E-state index contributed by atoms with van der Waals surface area (Å²) in [5.74, 6) is 2.20. The minimum Gasteiger partial charge on any atom is -0.389 e. The summed E-state index contributed by atoms with van der Waals surface area (Å²) in [6, 6.07) is 7.15. The van der Waals surface area contributed by atoms with Crippen LogP contribution < -0.4 is 0 Å². The fourth-order valence-electron chi connectivity index (χ4n) is 6.87. The number of hydrogen-bond donors (Lipinski definition) is 1. The van der Waals surface area contributed by atoms with E-state index in [4.69, 9.17) is 0 Å². The molecule has 148 valence electrons. The Kier molecular flexibility index (Phi) is 5.27. The van der Waals surface area contributed by atoms with Crippen molar-refractivity contribution < 1.29 is 5.11 Å². The van der Waals surface area contributed by atoms with Gasteiger partial charge >= 0.3 is 0 Å². The van der Waals surface area contributed by atoms with Crippen LogP contribution in [0.15, 0.2) is 30.4 Å². The summed E-state index contributed by atoms with van der Waals surface area (Å²) in [5.41, 5.74) is 4.25. The van der Waals surface area contributed by atoms with Gasteiger partial charge in [0.05, 0.1) is 5.60 Å². The highest BCUT2D eigenvalue weighted by molar-refractivity contribution is 5.38. The Bertz CT molecular complexity index is 704. The molecular formula is C26H38O. The molecule has 0 radical (unpaired) electrons. The van der Waals surface area contributed by atoms with Gasteiger partial charge in [0.15, 0.2) is 0 Å². The quantitative estimate of drug-likeness (QED) is 0.453. The van der Waals surface area contributed by atoms with Crippen molar-refractivity contribution in [2.24, 2.45) is 17.3 Å². The summed E-state index contributed by atoms with van der Waals surface area (Å²) >= 11 is 0. The molecule has 0 amide bonds. The maximum atomic E-state index is 11.7. The van der Waals surface area contributed by atoms with E-state index >= 15 is 0 Å². The van der Waals surface area contributed by atoms with Crippen molar-refractivity contribution >= 4 is 0 Å². The molecule has 0 spiro atoms. The summed E-state index contributed by atoms with van der Waals surface area (Å²) in [6.07, 6.45) is 16.3. The monoisotopic (exact) mass is 366 g/mol. The van der Waals surface area contributed by atoms with Gasteiger partial charge in [0.25, 0.3) is 0 Å². The number of allylic oxidation sites excluding steroid dienone is 1. The third kappa shape index (κ3) is 3.20. The van der Waals surface area contributed by atoms with Crippen LogP contribution in [0.4, 0.5) is 0 Å². The Morgan fingerprint density at radius 2 is 2.00 bits per heavy atom. The average Bonchev–Trinajstić information content (AvgIpc) is 2.92.